The number of benzene rings is 3. The summed E-state index contributed by atoms with van der Waals surface area (Å²) in [5, 5.41) is 9.08. The number of rotatable bonds is 5. The molecule has 5 nitrogen and oxygen atoms in total. The second kappa shape index (κ2) is 9.15. The summed E-state index contributed by atoms with van der Waals surface area (Å²) < 4.78 is 28.7. The van der Waals surface area contributed by atoms with E-state index in [1.807, 2.05) is 17.0 Å². The highest BCUT2D eigenvalue weighted by Crippen LogP contribution is 2.29. The third-order valence-corrected chi connectivity index (χ3v) is 6.54. The van der Waals surface area contributed by atoms with Gasteiger partial charge in [0, 0.05) is 24.3 Å². The molecule has 1 aliphatic rings. The predicted octanol–water partition coefficient (Wildman–Crippen LogP) is 4.89. The lowest BCUT2D eigenvalue weighted by Gasteiger charge is -2.28. The van der Waals surface area contributed by atoms with Crippen molar-refractivity contribution in [2.24, 2.45) is 0 Å². The van der Waals surface area contributed by atoms with Crippen LogP contribution in [0.1, 0.15) is 11.1 Å². The maximum atomic E-state index is 13.5. The number of hydrogen-bond acceptors (Lipinski definition) is 4. The van der Waals surface area contributed by atoms with Gasteiger partial charge in [-0.15, -0.1) is 10.2 Å². The number of carbonyl (C=O) groups is 1. The normalized spacial score (nSPS) is 13.1. The highest BCUT2D eigenvalue weighted by molar-refractivity contribution is 7.99. The first kappa shape index (κ1) is 21.3. The maximum Gasteiger partial charge on any atom is 0.233 e. The van der Waals surface area contributed by atoms with Gasteiger partial charge in [-0.2, -0.15) is 0 Å². The molecule has 5 rings (SSSR count). The van der Waals surface area contributed by atoms with E-state index in [1.54, 1.807) is 28.8 Å². The molecule has 0 spiro atoms. The number of hydrogen-bond donors (Lipinski definition) is 0. The van der Waals surface area contributed by atoms with Crippen molar-refractivity contribution in [1.82, 2.24) is 19.7 Å². The molecule has 0 fully saturated rings. The summed E-state index contributed by atoms with van der Waals surface area (Å²) in [6, 6.07) is 20.1. The van der Waals surface area contributed by atoms with Crippen LogP contribution in [0.3, 0.4) is 0 Å². The summed E-state index contributed by atoms with van der Waals surface area (Å²) in [5.41, 5.74) is 3.78. The molecule has 0 aliphatic carbocycles. The van der Waals surface area contributed by atoms with Gasteiger partial charge in [-0.3, -0.25) is 9.36 Å². The predicted molar refractivity (Wildman–Crippen MR) is 123 cm³/mol. The molecule has 0 unspecified atom stereocenters. The van der Waals surface area contributed by atoms with Gasteiger partial charge in [-0.05, 0) is 66.1 Å². The van der Waals surface area contributed by atoms with Gasteiger partial charge >= 0.3 is 0 Å². The van der Waals surface area contributed by atoms with E-state index in [0.717, 1.165) is 6.42 Å². The molecule has 3 aromatic carbocycles. The van der Waals surface area contributed by atoms with E-state index < -0.39 is 0 Å². The van der Waals surface area contributed by atoms with Crippen molar-refractivity contribution in [3.8, 4) is 17.1 Å². The zero-order valence-electron chi connectivity index (χ0n) is 17.6. The summed E-state index contributed by atoms with van der Waals surface area (Å²) in [4.78, 5) is 14.8. The van der Waals surface area contributed by atoms with E-state index in [1.165, 1.54) is 47.2 Å². The van der Waals surface area contributed by atoms with E-state index in [4.69, 9.17) is 0 Å². The Morgan fingerprint density at radius 2 is 1.55 bits per heavy atom. The Bertz CT molecular complexity index is 1290. The molecule has 0 bridgehead atoms. The van der Waals surface area contributed by atoms with Crippen LogP contribution in [0.25, 0.3) is 17.1 Å². The first-order chi connectivity index (χ1) is 16.1. The number of halogens is 2. The molecular weight excluding hydrogens is 442 g/mol. The van der Waals surface area contributed by atoms with Crippen LogP contribution < -0.4 is 0 Å². The Labute approximate surface area is 194 Å². The maximum absolute atomic E-state index is 13.5. The molecule has 0 saturated carbocycles. The van der Waals surface area contributed by atoms with Gasteiger partial charge in [-0.25, -0.2) is 8.78 Å². The van der Waals surface area contributed by atoms with Crippen LogP contribution in [0.4, 0.5) is 8.78 Å². The minimum absolute atomic E-state index is 0.0199. The van der Waals surface area contributed by atoms with E-state index >= 15 is 0 Å². The molecule has 0 radical (unpaired) electrons. The number of amides is 1. The third kappa shape index (κ3) is 4.52. The Kier molecular flexibility index (Phi) is 5.92. The molecule has 0 atom stereocenters. The SMILES string of the molecule is O=C(CSc1nnc(-c2ccc(F)cc2)n1-c1ccc(F)cc1)N1CCc2ccccc2C1. The number of thioether (sulfide) groups is 1. The quantitative estimate of drug-likeness (QED) is 0.397. The van der Waals surface area contributed by atoms with Crippen LogP contribution >= 0.6 is 11.8 Å². The summed E-state index contributed by atoms with van der Waals surface area (Å²) in [6.45, 7) is 1.28. The number of carbonyl (C=O) groups excluding carboxylic acids is 1. The second-order valence-electron chi connectivity index (χ2n) is 7.75. The van der Waals surface area contributed by atoms with Crippen molar-refractivity contribution in [2.45, 2.75) is 18.1 Å². The second-order valence-corrected chi connectivity index (χ2v) is 8.69. The molecule has 1 aliphatic heterocycles. The average Bonchev–Trinajstić information content (AvgIpc) is 3.27. The van der Waals surface area contributed by atoms with Crippen molar-refractivity contribution < 1.29 is 13.6 Å². The fourth-order valence-corrected chi connectivity index (χ4v) is 4.75. The number of fused-ring (bicyclic) bond motifs is 1. The standard InChI is InChI=1S/C25H20F2N4OS/c26-20-7-5-18(6-8-20)24-28-29-25(31(24)22-11-9-21(27)10-12-22)33-16-23(32)30-14-13-17-3-1-2-4-19(17)15-30/h1-12H,13-16H2. The highest BCUT2D eigenvalue weighted by atomic mass is 32.2. The molecule has 33 heavy (non-hydrogen) atoms. The third-order valence-electron chi connectivity index (χ3n) is 5.63. The number of nitrogens with zero attached hydrogens (tertiary/aromatic N) is 4. The van der Waals surface area contributed by atoms with Crippen molar-refractivity contribution in [2.75, 3.05) is 12.3 Å². The first-order valence-corrected chi connectivity index (χ1v) is 11.5. The van der Waals surface area contributed by atoms with E-state index in [9.17, 15) is 13.6 Å². The summed E-state index contributed by atoms with van der Waals surface area (Å²) >= 11 is 1.28. The molecule has 166 valence electrons. The van der Waals surface area contributed by atoms with Crippen molar-refractivity contribution >= 4 is 17.7 Å². The Balaban J connectivity index is 1.39. The van der Waals surface area contributed by atoms with Gasteiger partial charge in [0.05, 0.1) is 5.75 Å². The van der Waals surface area contributed by atoms with Gasteiger partial charge in [0.1, 0.15) is 11.6 Å². The van der Waals surface area contributed by atoms with E-state index in [-0.39, 0.29) is 23.3 Å². The van der Waals surface area contributed by atoms with Gasteiger partial charge < -0.3 is 4.90 Å². The number of aromatic nitrogens is 3. The van der Waals surface area contributed by atoms with Gasteiger partial charge in [-0.1, -0.05) is 36.0 Å². The average molecular weight is 463 g/mol. The van der Waals surface area contributed by atoms with Crippen LogP contribution in [-0.2, 0) is 17.8 Å². The molecule has 2 heterocycles. The topological polar surface area (TPSA) is 51.0 Å². The molecule has 8 heteroatoms. The van der Waals surface area contributed by atoms with Crippen LogP contribution in [0.5, 0.6) is 0 Å². The molecular formula is C25H20F2N4OS. The smallest absolute Gasteiger partial charge is 0.233 e. The lowest BCUT2D eigenvalue weighted by atomic mass is 10.00. The largest absolute Gasteiger partial charge is 0.337 e. The Hall–Kier alpha value is -3.52. The van der Waals surface area contributed by atoms with Crippen LogP contribution in [-0.4, -0.2) is 37.9 Å². The minimum Gasteiger partial charge on any atom is -0.337 e. The zero-order chi connectivity index (χ0) is 22.8. The monoisotopic (exact) mass is 462 g/mol. The van der Waals surface area contributed by atoms with Gasteiger partial charge in [0.2, 0.25) is 5.91 Å². The molecule has 0 N–H and O–H groups in total. The fraction of sp³-hybridized carbons (Fsp3) is 0.160. The Morgan fingerprint density at radius 1 is 0.879 bits per heavy atom. The zero-order valence-corrected chi connectivity index (χ0v) is 18.4. The fourth-order valence-electron chi connectivity index (χ4n) is 3.90. The summed E-state index contributed by atoms with van der Waals surface area (Å²) in [6.07, 6.45) is 0.840. The van der Waals surface area contributed by atoms with Crippen molar-refractivity contribution in [3.63, 3.8) is 0 Å². The first-order valence-electron chi connectivity index (χ1n) is 10.5. The lowest BCUT2D eigenvalue weighted by molar-refractivity contribution is -0.129. The molecule has 4 aromatic rings. The highest BCUT2D eigenvalue weighted by Gasteiger charge is 2.22. The van der Waals surface area contributed by atoms with Crippen LogP contribution in [0, 0.1) is 11.6 Å². The molecule has 0 saturated heterocycles. The summed E-state index contributed by atoms with van der Waals surface area (Å²) in [5.74, 6) is 0.0000251. The van der Waals surface area contributed by atoms with Crippen LogP contribution in [0.2, 0.25) is 0 Å². The Morgan fingerprint density at radius 3 is 2.27 bits per heavy atom. The van der Waals surface area contributed by atoms with Gasteiger partial charge in [0.15, 0.2) is 11.0 Å². The van der Waals surface area contributed by atoms with E-state index in [2.05, 4.69) is 22.3 Å². The lowest BCUT2D eigenvalue weighted by Crippen LogP contribution is -2.37. The summed E-state index contributed by atoms with van der Waals surface area (Å²) in [7, 11) is 0. The van der Waals surface area contributed by atoms with E-state index in [0.29, 0.717) is 35.3 Å². The van der Waals surface area contributed by atoms with Gasteiger partial charge in [0.25, 0.3) is 0 Å². The minimum atomic E-state index is -0.357. The molecule has 1 amide bonds. The van der Waals surface area contributed by atoms with Crippen molar-refractivity contribution in [1.29, 1.82) is 0 Å². The molecule has 1 aromatic heterocycles. The van der Waals surface area contributed by atoms with Crippen molar-refractivity contribution in [3.05, 3.63) is 95.6 Å². The van der Waals surface area contributed by atoms with Crippen LogP contribution in [0.15, 0.2) is 78.0 Å².